The van der Waals surface area contributed by atoms with Gasteiger partial charge in [0.1, 0.15) is 12.4 Å². The van der Waals surface area contributed by atoms with E-state index in [4.69, 9.17) is 5.11 Å². The molecule has 0 saturated heterocycles. The number of carbonyl (C=O) groups excluding carboxylic acids is 1. The minimum atomic E-state index is -0.653. The van der Waals surface area contributed by atoms with Crippen molar-refractivity contribution in [1.82, 2.24) is 14.5 Å². The van der Waals surface area contributed by atoms with Crippen molar-refractivity contribution in [1.29, 1.82) is 0 Å². The average Bonchev–Trinajstić information content (AvgIpc) is 2.66. The van der Waals surface area contributed by atoms with Crippen LogP contribution in [0.5, 0.6) is 0 Å². The van der Waals surface area contributed by atoms with Crippen LogP contribution >= 0.6 is 0 Å². The normalized spacial score (nSPS) is 10.1. The zero-order valence-electron chi connectivity index (χ0n) is 8.74. The van der Waals surface area contributed by atoms with E-state index in [-0.39, 0.29) is 31.6 Å². The molecule has 8 nitrogen and oxygen atoms in total. The molecule has 8 heteroatoms. The average molecular weight is 228 g/mol. The molecule has 0 bridgehead atoms. The molecule has 1 amide bonds. The third-order valence-electron chi connectivity index (χ3n) is 2.02. The second-order valence-electron chi connectivity index (χ2n) is 3.15. The van der Waals surface area contributed by atoms with Crippen molar-refractivity contribution in [2.75, 3.05) is 20.2 Å². The summed E-state index contributed by atoms with van der Waals surface area (Å²) in [6.07, 6.45) is 2.63. The highest BCUT2D eigenvalue weighted by atomic mass is 16.6. The van der Waals surface area contributed by atoms with Gasteiger partial charge in [0.2, 0.25) is 0 Å². The van der Waals surface area contributed by atoms with Crippen molar-refractivity contribution in [3.8, 4) is 0 Å². The van der Waals surface area contributed by atoms with E-state index in [2.05, 4.69) is 4.98 Å². The number of rotatable bonds is 5. The van der Waals surface area contributed by atoms with Crippen LogP contribution in [-0.2, 0) is 11.3 Å². The third kappa shape index (κ3) is 2.76. The van der Waals surface area contributed by atoms with Crippen LogP contribution in [0.15, 0.2) is 12.4 Å². The quantitative estimate of drug-likeness (QED) is 0.527. The Bertz CT molecular complexity index is 389. The minimum Gasteiger partial charge on any atom is -0.395 e. The summed E-state index contributed by atoms with van der Waals surface area (Å²) in [6.45, 7) is -0.109. The molecule has 1 rings (SSSR count). The van der Waals surface area contributed by atoms with Crippen molar-refractivity contribution in [3.05, 3.63) is 22.5 Å². The number of likely N-dealkylation sites (N-methyl/N-ethyl adjacent to an activating group) is 1. The van der Waals surface area contributed by atoms with E-state index in [1.54, 1.807) is 0 Å². The molecule has 0 aliphatic heterocycles. The number of hydrogen-bond acceptors (Lipinski definition) is 5. The van der Waals surface area contributed by atoms with Gasteiger partial charge in [0.15, 0.2) is 6.54 Å². The molecule has 0 saturated carbocycles. The highest BCUT2D eigenvalue weighted by Crippen LogP contribution is 2.07. The van der Waals surface area contributed by atoms with Crippen LogP contribution in [0.25, 0.3) is 0 Å². The first-order valence-electron chi connectivity index (χ1n) is 4.56. The van der Waals surface area contributed by atoms with Gasteiger partial charge in [-0.2, -0.15) is 0 Å². The van der Waals surface area contributed by atoms with Crippen LogP contribution in [0.1, 0.15) is 0 Å². The Morgan fingerprint density at radius 1 is 1.75 bits per heavy atom. The number of hydrogen-bond donors (Lipinski definition) is 1. The maximum atomic E-state index is 11.5. The molecule has 0 spiro atoms. The zero-order valence-corrected chi connectivity index (χ0v) is 8.74. The molecule has 0 unspecified atom stereocenters. The van der Waals surface area contributed by atoms with Gasteiger partial charge in [-0.3, -0.25) is 4.79 Å². The standard InChI is InChI=1S/C8H12N4O4/c1-10(4-5-13)7(14)6-11-3-2-9-8(11)12(15)16/h2-3,13H,4-6H2,1H3. The third-order valence-corrected chi connectivity index (χ3v) is 2.02. The summed E-state index contributed by atoms with van der Waals surface area (Å²) in [5.41, 5.74) is 0. The van der Waals surface area contributed by atoms with E-state index in [1.165, 1.54) is 24.3 Å². The molecule has 16 heavy (non-hydrogen) atoms. The number of carbonyl (C=O) groups is 1. The lowest BCUT2D eigenvalue weighted by atomic mass is 10.5. The summed E-state index contributed by atoms with van der Waals surface area (Å²) in [5, 5.41) is 19.2. The van der Waals surface area contributed by atoms with E-state index in [0.717, 1.165) is 4.57 Å². The molecule has 1 N–H and O–H groups in total. The molecule has 1 aromatic rings. The number of aliphatic hydroxyl groups is 1. The molecule has 0 radical (unpaired) electrons. The number of nitrogens with zero attached hydrogens (tertiary/aromatic N) is 4. The van der Waals surface area contributed by atoms with Gasteiger partial charge < -0.3 is 20.1 Å². The number of aliphatic hydroxyl groups excluding tert-OH is 1. The lowest BCUT2D eigenvalue weighted by Gasteiger charge is -2.14. The van der Waals surface area contributed by atoms with E-state index < -0.39 is 4.92 Å². The molecule has 0 atom stereocenters. The van der Waals surface area contributed by atoms with Crippen LogP contribution in [0.3, 0.4) is 0 Å². The summed E-state index contributed by atoms with van der Waals surface area (Å²) < 4.78 is 1.15. The van der Waals surface area contributed by atoms with Crippen molar-refractivity contribution in [2.24, 2.45) is 0 Å². The molecule has 0 aliphatic carbocycles. The van der Waals surface area contributed by atoms with E-state index in [0.29, 0.717) is 0 Å². The maximum absolute atomic E-state index is 11.5. The predicted molar refractivity (Wildman–Crippen MR) is 53.6 cm³/mol. The Morgan fingerprint density at radius 2 is 2.44 bits per heavy atom. The van der Waals surface area contributed by atoms with Gasteiger partial charge in [-0.15, -0.1) is 0 Å². The van der Waals surface area contributed by atoms with Crippen LogP contribution in [0, 0.1) is 10.1 Å². The lowest BCUT2D eigenvalue weighted by Crippen LogP contribution is -2.32. The molecule has 1 aromatic heterocycles. The highest BCUT2D eigenvalue weighted by molar-refractivity contribution is 5.75. The second-order valence-corrected chi connectivity index (χ2v) is 3.15. The summed E-state index contributed by atoms with van der Waals surface area (Å²) in [6, 6.07) is 0. The Morgan fingerprint density at radius 3 is 3.00 bits per heavy atom. The van der Waals surface area contributed by atoms with Gasteiger partial charge in [-0.1, -0.05) is 4.98 Å². The molecule has 0 aliphatic rings. The van der Waals surface area contributed by atoms with Gasteiger partial charge >= 0.3 is 5.95 Å². The van der Waals surface area contributed by atoms with Gasteiger partial charge in [-0.05, 0) is 4.92 Å². The first-order chi connectivity index (χ1) is 7.56. The Kier molecular flexibility index (Phi) is 3.95. The second kappa shape index (κ2) is 5.21. The monoisotopic (exact) mass is 228 g/mol. The smallest absolute Gasteiger partial charge is 0.395 e. The first kappa shape index (κ1) is 12.1. The molecular formula is C8H12N4O4. The summed E-state index contributed by atoms with van der Waals surface area (Å²) in [7, 11) is 1.52. The Hall–Kier alpha value is -1.96. The molecular weight excluding hydrogens is 216 g/mol. The zero-order chi connectivity index (χ0) is 12.1. The van der Waals surface area contributed by atoms with Crippen molar-refractivity contribution >= 4 is 11.9 Å². The fourth-order valence-electron chi connectivity index (χ4n) is 1.14. The number of nitro groups is 1. The van der Waals surface area contributed by atoms with Gasteiger partial charge in [0, 0.05) is 13.6 Å². The molecule has 88 valence electrons. The largest absolute Gasteiger partial charge is 0.435 e. The summed E-state index contributed by atoms with van der Waals surface area (Å²) >= 11 is 0. The van der Waals surface area contributed by atoms with E-state index >= 15 is 0 Å². The van der Waals surface area contributed by atoms with Crippen LogP contribution < -0.4 is 0 Å². The SMILES string of the molecule is CN(CCO)C(=O)Cn1ccnc1[N+](=O)[O-]. The van der Waals surface area contributed by atoms with Crippen molar-refractivity contribution < 1.29 is 14.8 Å². The van der Waals surface area contributed by atoms with Gasteiger partial charge in [0.05, 0.1) is 6.61 Å². The van der Waals surface area contributed by atoms with Gasteiger partial charge in [-0.25, -0.2) is 4.57 Å². The Balaban J connectivity index is 2.69. The van der Waals surface area contributed by atoms with Crippen LogP contribution in [0.2, 0.25) is 0 Å². The fourth-order valence-corrected chi connectivity index (χ4v) is 1.14. The maximum Gasteiger partial charge on any atom is 0.435 e. The molecule has 1 heterocycles. The van der Waals surface area contributed by atoms with E-state index in [1.807, 2.05) is 0 Å². The summed E-state index contributed by atoms with van der Waals surface area (Å²) in [4.78, 5) is 26.2. The molecule has 0 aromatic carbocycles. The number of amides is 1. The predicted octanol–water partition coefficient (Wildman–Crippen LogP) is -0.758. The van der Waals surface area contributed by atoms with Crippen LogP contribution in [0.4, 0.5) is 5.95 Å². The van der Waals surface area contributed by atoms with Crippen molar-refractivity contribution in [2.45, 2.75) is 6.54 Å². The summed E-state index contributed by atoms with van der Waals surface area (Å²) in [5.74, 6) is -0.694. The Labute approximate surface area is 91.3 Å². The molecule has 0 fully saturated rings. The fraction of sp³-hybridized carbons (Fsp3) is 0.500. The topological polar surface area (TPSA) is 102 Å². The lowest BCUT2D eigenvalue weighted by molar-refractivity contribution is -0.396. The first-order valence-corrected chi connectivity index (χ1v) is 4.56. The number of aromatic nitrogens is 2. The van der Waals surface area contributed by atoms with E-state index in [9.17, 15) is 14.9 Å². The van der Waals surface area contributed by atoms with Gasteiger partial charge in [0.25, 0.3) is 5.91 Å². The highest BCUT2D eigenvalue weighted by Gasteiger charge is 2.18. The van der Waals surface area contributed by atoms with Crippen LogP contribution in [-0.4, -0.2) is 50.6 Å². The number of imidazole rings is 1. The van der Waals surface area contributed by atoms with Crippen molar-refractivity contribution in [3.63, 3.8) is 0 Å². The minimum absolute atomic E-state index is 0.145.